The quantitative estimate of drug-likeness (QED) is 0.198. The van der Waals surface area contributed by atoms with Gasteiger partial charge in [-0.05, 0) is 54.8 Å². The number of esters is 1. The van der Waals surface area contributed by atoms with Crippen LogP contribution in [0, 0.1) is 6.92 Å². The lowest BCUT2D eigenvalue weighted by molar-refractivity contribution is -0.141. The summed E-state index contributed by atoms with van der Waals surface area (Å²) in [6, 6.07) is 22.2. The average molecular weight is 468 g/mol. The van der Waals surface area contributed by atoms with E-state index in [1.807, 2.05) is 37.3 Å². The van der Waals surface area contributed by atoms with Gasteiger partial charge >= 0.3 is 17.2 Å². The number of fused-ring (bicyclic) bond motifs is 2. The Labute approximate surface area is 199 Å². The molecule has 0 fully saturated rings. The second-order valence-corrected chi connectivity index (χ2v) is 8.09. The molecule has 0 N–H and O–H groups in total. The number of aryl methyl sites for hydroxylation is 1. The highest BCUT2D eigenvalue weighted by molar-refractivity contribution is 5.94. The molecule has 0 saturated carbocycles. The summed E-state index contributed by atoms with van der Waals surface area (Å²) in [4.78, 5) is 36.5. The Bertz CT molecular complexity index is 1680. The average Bonchev–Trinajstić information content (AvgIpc) is 2.83. The van der Waals surface area contributed by atoms with Gasteiger partial charge in [0.15, 0.2) is 6.10 Å². The molecule has 2 heterocycles. The molecule has 0 aliphatic carbocycles. The highest BCUT2D eigenvalue weighted by Crippen LogP contribution is 2.30. The lowest BCUT2D eigenvalue weighted by Crippen LogP contribution is -2.28. The molecule has 5 aromatic rings. The number of rotatable bonds is 5. The molecule has 0 spiro atoms. The van der Waals surface area contributed by atoms with Crippen molar-refractivity contribution in [3.05, 3.63) is 105 Å². The zero-order chi connectivity index (χ0) is 24.5. The summed E-state index contributed by atoms with van der Waals surface area (Å²) in [6.45, 7) is 3.36. The van der Waals surface area contributed by atoms with Crippen molar-refractivity contribution in [3.8, 4) is 22.6 Å². The van der Waals surface area contributed by atoms with E-state index in [0.29, 0.717) is 22.3 Å². The fraction of sp³-hybridized carbons (Fsp3) is 0.107. The minimum absolute atomic E-state index is 0.214. The Balaban J connectivity index is 1.37. The molecule has 0 aliphatic rings. The first-order valence-electron chi connectivity index (χ1n) is 10.9. The molecule has 0 bridgehead atoms. The summed E-state index contributed by atoms with van der Waals surface area (Å²) < 4.78 is 21.8. The Morgan fingerprint density at radius 3 is 2.17 bits per heavy atom. The van der Waals surface area contributed by atoms with Crippen molar-refractivity contribution < 1.29 is 23.1 Å². The summed E-state index contributed by atoms with van der Waals surface area (Å²) >= 11 is 0. The van der Waals surface area contributed by atoms with E-state index in [9.17, 15) is 14.4 Å². The first-order valence-corrected chi connectivity index (χ1v) is 10.9. The van der Waals surface area contributed by atoms with Gasteiger partial charge in [-0.3, -0.25) is 0 Å². The number of benzene rings is 3. The topological polar surface area (TPSA) is 96.0 Å². The number of carbonyl (C=O) groups excluding carboxylic acids is 1. The summed E-state index contributed by atoms with van der Waals surface area (Å²) in [6.07, 6.45) is -0.956. The zero-order valence-corrected chi connectivity index (χ0v) is 18.9. The van der Waals surface area contributed by atoms with Crippen LogP contribution in [-0.4, -0.2) is 12.1 Å². The number of carbonyl (C=O) groups is 1. The first kappa shape index (κ1) is 22.2. The third kappa shape index (κ3) is 4.56. The van der Waals surface area contributed by atoms with E-state index in [2.05, 4.69) is 0 Å². The first-order chi connectivity index (χ1) is 16.9. The molecule has 1 atom stereocenters. The smallest absolute Gasteiger partial charge is 0.352 e. The third-order valence-electron chi connectivity index (χ3n) is 5.59. The van der Waals surface area contributed by atoms with Crippen LogP contribution in [0.4, 0.5) is 0 Å². The van der Waals surface area contributed by atoms with Gasteiger partial charge in [-0.2, -0.15) is 0 Å². The molecule has 2 aromatic heterocycles. The molecule has 7 nitrogen and oxygen atoms in total. The maximum atomic E-state index is 12.7. The predicted octanol–water partition coefficient (Wildman–Crippen LogP) is 5.25. The summed E-state index contributed by atoms with van der Waals surface area (Å²) in [5, 5.41) is 1.49. The Kier molecular flexibility index (Phi) is 5.66. The maximum Gasteiger partial charge on any atom is 0.352 e. The highest BCUT2D eigenvalue weighted by atomic mass is 16.6. The van der Waals surface area contributed by atoms with Gasteiger partial charge < -0.3 is 18.3 Å². The number of hydrogen-bond donors (Lipinski definition) is 0. The van der Waals surface area contributed by atoms with Crippen LogP contribution in [0.25, 0.3) is 33.1 Å². The highest BCUT2D eigenvalue weighted by Gasteiger charge is 2.19. The van der Waals surface area contributed by atoms with Crippen molar-refractivity contribution >= 4 is 27.9 Å². The van der Waals surface area contributed by atoms with Crippen molar-refractivity contribution in [1.29, 1.82) is 0 Å². The summed E-state index contributed by atoms with van der Waals surface area (Å²) in [5.41, 5.74) is 2.09. The summed E-state index contributed by atoms with van der Waals surface area (Å²) in [5.74, 6) is -0.0733. The zero-order valence-electron chi connectivity index (χ0n) is 18.9. The second-order valence-electron chi connectivity index (χ2n) is 8.09. The van der Waals surface area contributed by atoms with Gasteiger partial charge in [-0.1, -0.05) is 30.3 Å². The number of ether oxygens (including phenoxy) is 2. The van der Waals surface area contributed by atoms with E-state index in [1.54, 1.807) is 37.3 Å². The van der Waals surface area contributed by atoms with Gasteiger partial charge in [0.1, 0.15) is 22.7 Å². The van der Waals surface area contributed by atoms with E-state index < -0.39 is 23.3 Å². The monoisotopic (exact) mass is 468 g/mol. The van der Waals surface area contributed by atoms with Crippen molar-refractivity contribution in [2.45, 2.75) is 20.0 Å². The van der Waals surface area contributed by atoms with E-state index in [1.165, 1.54) is 18.2 Å². The molecule has 0 radical (unpaired) electrons. The molecule has 7 heteroatoms. The van der Waals surface area contributed by atoms with Crippen LogP contribution in [0.2, 0.25) is 0 Å². The van der Waals surface area contributed by atoms with E-state index in [4.69, 9.17) is 18.3 Å². The van der Waals surface area contributed by atoms with Crippen molar-refractivity contribution in [2.75, 3.05) is 0 Å². The SMILES string of the molecule is Cc1cc(=O)oc2cc(OC(C)C(=O)Oc3ccc4c(-c5ccccc5)cc(=O)oc4c3)ccc12. The van der Waals surface area contributed by atoms with Gasteiger partial charge in [0.05, 0.1) is 0 Å². The van der Waals surface area contributed by atoms with Crippen molar-refractivity contribution in [2.24, 2.45) is 0 Å². The third-order valence-corrected chi connectivity index (χ3v) is 5.59. The standard InChI is InChI=1S/C28H20O7/c1-16-12-26(29)34-24-13-19(8-10-21(16)24)32-17(2)28(31)33-20-9-11-22-23(18-6-4-3-5-7-18)15-27(30)35-25(22)14-20/h3-15,17H,1-2H3. The largest absolute Gasteiger partial charge is 0.479 e. The van der Waals surface area contributed by atoms with E-state index in [-0.39, 0.29) is 5.75 Å². The van der Waals surface area contributed by atoms with E-state index in [0.717, 1.165) is 22.1 Å². The van der Waals surface area contributed by atoms with Gasteiger partial charge in [-0.25, -0.2) is 14.4 Å². The summed E-state index contributed by atoms with van der Waals surface area (Å²) in [7, 11) is 0. The Morgan fingerprint density at radius 1 is 0.771 bits per heavy atom. The van der Waals surface area contributed by atoms with Crippen LogP contribution in [0.1, 0.15) is 12.5 Å². The molecule has 3 aromatic carbocycles. The van der Waals surface area contributed by atoms with Crippen LogP contribution in [-0.2, 0) is 4.79 Å². The Morgan fingerprint density at radius 2 is 1.40 bits per heavy atom. The van der Waals surface area contributed by atoms with Crippen LogP contribution in [0.3, 0.4) is 0 Å². The molecular weight excluding hydrogens is 448 g/mol. The Hall–Kier alpha value is -4.65. The van der Waals surface area contributed by atoms with Gasteiger partial charge in [-0.15, -0.1) is 0 Å². The van der Waals surface area contributed by atoms with Crippen LogP contribution >= 0.6 is 0 Å². The number of hydrogen-bond acceptors (Lipinski definition) is 7. The maximum absolute atomic E-state index is 12.7. The van der Waals surface area contributed by atoms with Crippen LogP contribution in [0.15, 0.2) is 97.3 Å². The molecule has 0 aliphatic heterocycles. The lowest BCUT2D eigenvalue weighted by Gasteiger charge is -2.14. The van der Waals surface area contributed by atoms with Crippen LogP contribution in [0.5, 0.6) is 11.5 Å². The van der Waals surface area contributed by atoms with E-state index >= 15 is 0 Å². The molecule has 0 amide bonds. The van der Waals surface area contributed by atoms with Crippen LogP contribution < -0.4 is 20.7 Å². The van der Waals surface area contributed by atoms with Crippen molar-refractivity contribution in [1.82, 2.24) is 0 Å². The van der Waals surface area contributed by atoms with Gasteiger partial charge in [0.25, 0.3) is 0 Å². The second kappa shape index (κ2) is 8.95. The lowest BCUT2D eigenvalue weighted by atomic mass is 10.0. The molecule has 35 heavy (non-hydrogen) atoms. The fourth-order valence-electron chi connectivity index (χ4n) is 3.89. The molecule has 1 unspecified atom stereocenters. The van der Waals surface area contributed by atoms with Gasteiger partial charge in [0, 0.05) is 35.0 Å². The molecule has 5 rings (SSSR count). The van der Waals surface area contributed by atoms with Crippen molar-refractivity contribution in [3.63, 3.8) is 0 Å². The normalized spacial score (nSPS) is 11.9. The molecule has 0 saturated heterocycles. The fourth-order valence-corrected chi connectivity index (χ4v) is 3.89. The minimum atomic E-state index is -0.956. The molecular formula is C28H20O7. The van der Waals surface area contributed by atoms with Gasteiger partial charge in [0.2, 0.25) is 0 Å². The minimum Gasteiger partial charge on any atom is -0.479 e. The predicted molar refractivity (Wildman–Crippen MR) is 131 cm³/mol. The molecule has 174 valence electrons.